The number of hydrogen-bond donors (Lipinski definition) is 1. The molecule has 5 nitrogen and oxygen atoms in total. The number of thiophene rings is 1. The van der Waals surface area contributed by atoms with E-state index in [1.54, 1.807) is 6.92 Å². The van der Waals surface area contributed by atoms with E-state index in [9.17, 15) is 9.59 Å². The summed E-state index contributed by atoms with van der Waals surface area (Å²) in [6.45, 7) is 13.0. The summed E-state index contributed by atoms with van der Waals surface area (Å²) in [4.78, 5) is 25.5. The number of aryl methyl sites for hydroxylation is 3. The lowest BCUT2D eigenvalue weighted by molar-refractivity contribution is -0.116. The van der Waals surface area contributed by atoms with Crippen molar-refractivity contribution in [2.24, 2.45) is 0 Å². The Morgan fingerprint density at radius 2 is 1.77 bits per heavy atom. The van der Waals surface area contributed by atoms with Crippen molar-refractivity contribution in [3.63, 3.8) is 0 Å². The molecule has 6 heteroatoms. The summed E-state index contributed by atoms with van der Waals surface area (Å²) in [5.74, 6) is 0.704. The lowest BCUT2D eigenvalue weighted by atomic mass is 9.97. The monoisotopic (exact) mass is 493 g/mol. The molecule has 0 aliphatic carbocycles. The average Bonchev–Trinajstić information content (AvgIpc) is 3.19. The minimum absolute atomic E-state index is 0.153. The molecular weight excluding hydrogens is 458 g/mol. The van der Waals surface area contributed by atoms with Crippen molar-refractivity contribution in [3.8, 4) is 16.9 Å². The maximum Gasteiger partial charge on any atom is 0.341 e. The zero-order chi connectivity index (χ0) is 25.5. The van der Waals surface area contributed by atoms with Gasteiger partial charge in [-0.3, -0.25) is 4.79 Å². The maximum atomic E-state index is 12.8. The van der Waals surface area contributed by atoms with Crippen molar-refractivity contribution in [1.82, 2.24) is 0 Å². The molecule has 0 radical (unpaired) electrons. The fourth-order valence-electron chi connectivity index (χ4n) is 4.17. The Balaban J connectivity index is 1.65. The predicted molar refractivity (Wildman–Crippen MR) is 144 cm³/mol. The zero-order valence-corrected chi connectivity index (χ0v) is 22.3. The number of carbonyl (C=O) groups excluding carboxylic acids is 2. The van der Waals surface area contributed by atoms with Crippen LogP contribution < -0.4 is 10.1 Å². The first-order chi connectivity index (χ1) is 16.7. The van der Waals surface area contributed by atoms with Crippen LogP contribution in [0.25, 0.3) is 11.1 Å². The zero-order valence-electron chi connectivity index (χ0n) is 21.5. The molecule has 35 heavy (non-hydrogen) atoms. The molecule has 2 aromatic carbocycles. The standard InChI is InChI=1S/C29H35NO4S/c1-7-33-29(32)27-25(24-12-10-19(4)15-20(24)5)17-35-28(27)30-26(31)9-8-14-34-22-11-13-23(18(2)3)21(6)16-22/h10-13,15-18H,7-9,14H2,1-6H3,(H,30,31). The summed E-state index contributed by atoms with van der Waals surface area (Å²) in [7, 11) is 0. The van der Waals surface area contributed by atoms with E-state index < -0.39 is 5.97 Å². The predicted octanol–water partition coefficient (Wildman–Crippen LogP) is 7.44. The van der Waals surface area contributed by atoms with E-state index in [2.05, 4.69) is 38.2 Å². The quantitative estimate of drug-likeness (QED) is 0.235. The second-order valence-corrected chi connectivity index (χ2v) is 9.95. The number of benzene rings is 2. The molecule has 0 aliphatic heterocycles. The highest BCUT2D eigenvalue weighted by Gasteiger charge is 2.23. The molecule has 0 saturated heterocycles. The molecule has 3 rings (SSSR count). The highest BCUT2D eigenvalue weighted by atomic mass is 32.1. The van der Waals surface area contributed by atoms with Crippen LogP contribution in [0.1, 0.15) is 72.1 Å². The molecule has 186 valence electrons. The van der Waals surface area contributed by atoms with E-state index in [1.165, 1.54) is 22.5 Å². The number of anilines is 1. The molecule has 0 fully saturated rings. The maximum absolute atomic E-state index is 12.8. The lowest BCUT2D eigenvalue weighted by Gasteiger charge is -2.12. The normalized spacial score (nSPS) is 10.9. The number of esters is 1. The summed E-state index contributed by atoms with van der Waals surface area (Å²) in [5.41, 5.74) is 6.90. The van der Waals surface area contributed by atoms with E-state index in [0.29, 0.717) is 35.9 Å². The van der Waals surface area contributed by atoms with Crippen molar-refractivity contribution in [3.05, 3.63) is 69.6 Å². The van der Waals surface area contributed by atoms with E-state index in [0.717, 1.165) is 28.0 Å². The largest absolute Gasteiger partial charge is 0.494 e. The fourth-order valence-corrected chi connectivity index (χ4v) is 5.13. The van der Waals surface area contributed by atoms with Gasteiger partial charge in [0, 0.05) is 17.4 Å². The van der Waals surface area contributed by atoms with Gasteiger partial charge in [0.1, 0.15) is 16.3 Å². The van der Waals surface area contributed by atoms with Crippen LogP contribution in [0.4, 0.5) is 5.00 Å². The first-order valence-corrected chi connectivity index (χ1v) is 13.0. The Hall–Kier alpha value is -3.12. The third kappa shape index (κ3) is 6.73. The van der Waals surface area contributed by atoms with Gasteiger partial charge in [-0.05, 0) is 74.4 Å². The molecule has 0 unspecified atom stereocenters. The molecule has 1 N–H and O–H groups in total. The molecule has 0 saturated carbocycles. The van der Waals surface area contributed by atoms with E-state index in [1.807, 2.05) is 43.5 Å². The SMILES string of the molecule is CCOC(=O)c1c(-c2ccc(C)cc2C)csc1NC(=O)CCCOc1ccc(C(C)C)c(C)c1. The molecule has 0 spiro atoms. The van der Waals surface area contributed by atoms with Crippen molar-refractivity contribution in [2.75, 3.05) is 18.5 Å². The summed E-state index contributed by atoms with van der Waals surface area (Å²) >= 11 is 1.34. The lowest BCUT2D eigenvalue weighted by Crippen LogP contribution is -2.15. The number of hydrogen-bond acceptors (Lipinski definition) is 5. The van der Waals surface area contributed by atoms with Crippen LogP contribution in [0.3, 0.4) is 0 Å². The third-order valence-corrected chi connectivity index (χ3v) is 6.77. The number of nitrogens with one attached hydrogen (secondary N) is 1. The molecule has 0 bridgehead atoms. The van der Waals surface area contributed by atoms with Gasteiger partial charge >= 0.3 is 5.97 Å². The Morgan fingerprint density at radius 3 is 2.43 bits per heavy atom. The van der Waals surface area contributed by atoms with Gasteiger partial charge in [0.15, 0.2) is 0 Å². The fraction of sp³-hybridized carbons (Fsp3) is 0.379. The smallest absolute Gasteiger partial charge is 0.341 e. The Kier molecular flexibility index (Phi) is 9.10. The minimum Gasteiger partial charge on any atom is -0.494 e. The van der Waals surface area contributed by atoms with Gasteiger partial charge in [0.05, 0.1) is 13.2 Å². The van der Waals surface area contributed by atoms with Crippen molar-refractivity contribution in [2.45, 2.75) is 60.3 Å². The second kappa shape index (κ2) is 12.0. The molecule has 1 amide bonds. The molecule has 0 atom stereocenters. The number of carbonyl (C=O) groups is 2. The number of ether oxygens (including phenoxy) is 2. The Bertz CT molecular complexity index is 1200. The van der Waals surface area contributed by atoms with Gasteiger partial charge in [-0.2, -0.15) is 0 Å². The molecule has 1 aromatic heterocycles. The third-order valence-electron chi connectivity index (χ3n) is 5.88. The molecular formula is C29H35NO4S. The van der Waals surface area contributed by atoms with Crippen LogP contribution >= 0.6 is 11.3 Å². The first kappa shape index (κ1) is 26.5. The van der Waals surface area contributed by atoms with Crippen molar-refractivity contribution in [1.29, 1.82) is 0 Å². The van der Waals surface area contributed by atoms with Crippen molar-refractivity contribution < 1.29 is 19.1 Å². The van der Waals surface area contributed by atoms with Gasteiger partial charge < -0.3 is 14.8 Å². The van der Waals surface area contributed by atoms with Crippen LogP contribution in [-0.2, 0) is 9.53 Å². The van der Waals surface area contributed by atoms with Gasteiger partial charge in [-0.25, -0.2) is 4.79 Å². The van der Waals surface area contributed by atoms with Crippen molar-refractivity contribution >= 4 is 28.2 Å². The minimum atomic E-state index is -0.428. The van der Waals surface area contributed by atoms with E-state index in [-0.39, 0.29) is 12.5 Å². The summed E-state index contributed by atoms with van der Waals surface area (Å²) in [5, 5.41) is 5.35. The summed E-state index contributed by atoms with van der Waals surface area (Å²) in [6, 6.07) is 12.2. The van der Waals surface area contributed by atoms with E-state index >= 15 is 0 Å². The van der Waals surface area contributed by atoms with Crippen LogP contribution in [0, 0.1) is 20.8 Å². The number of rotatable bonds is 10. The van der Waals surface area contributed by atoms with Crippen LogP contribution in [0.2, 0.25) is 0 Å². The topological polar surface area (TPSA) is 64.6 Å². The van der Waals surface area contributed by atoms with Gasteiger partial charge in [0.25, 0.3) is 0 Å². The van der Waals surface area contributed by atoms with Crippen LogP contribution in [0.15, 0.2) is 41.8 Å². The second-order valence-electron chi connectivity index (χ2n) is 9.07. The number of amides is 1. The van der Waals surface area contributed by atoms with Gasteiger partial charge in [-0.1, -0.05) is 43.7 Å². The first-order valence-electron chi connectivity index (χ1n) is 12.1. The highest BCUT2D eigenvalue weighted by molar-refractivity contribution is 7.15. The summed E-state index contributed by atoms with van der Waals surface area (Å²) in [6.07, 6.45) is 0.864. The Morgan fingerprint density at radius 1 is 1.00 bits per heavy atom. The average molecular weight is 494 g/mol. The van der Waals surface area contributed by atoms with Crippen LogP contribution in [-0.4, -0.2) is 25.1 Å². The van der Waals surface area contributed by atoms with Crippen LogP contribution in [0.5, 0.6) is 5.75 Å². The van der Waals surface area contributed by atoms with Gasteiger partial charge in [-0.15, -0.1) is 11.3 Å². The highest BCUT2D eigenvalue weighted by Crippen LogP contribution is 2.38. The molecule has 3 aromatic rings. The van der Waals surface area contributed by atoms with Gasteiger partial charge in [0.2, 0.25) is 5.91 Å². The summed E-state index contributed by atoms with van der Waals surface area (Å²) < 4.78 is 11.2. The molecule has 1 heterocycles. The molecule has 0 aliphatic rings. The van der Waals surface area contributed by atoms with E-state index in [4.69, 9.17) is 9.47 Å². The Labute approximate surface area is 212 Å².